The summed E-state index contributed by atoms with van der Waals surface area (Å²) in [5, 5.41) is 2.95. The molecule has 6 heteroatoms. The van der Waals surface area contributed by atoms with E-state index in [2.05, 4.69) is 5.32 Å². The molecular formula is C30H29NO5. The Bertz CT molecular complexity index is 1280. The van der Waals surface area contributed by atoms with E-state index in [1.807, 2.05) is 78.9 Å². The molecule has 0 fully saturated rings. The van der Waals surface area contributed by atoms with Gasteiger partial charge in [0.05, 0.1) is 14.2 Å². The molecule has 184 valence electrons. The topological polar surface area (TPSA) is 66.0 Å². The standard InChI is InChI=1S/C30H29NO5/c1-33-26-15-13-24(17-29(26)36-21-23-11-7-4-8-12-23)19-31-30(32)25-14-16-27(28(18-25)34-2)35-20-22-9-5-3-6-10-22/h3-18H,19-21H2,1-2H3,(H,31,32). The van der Waals surface area contributed by atoms with Crippen molar-refractivity contribution in [1.29, 1.82) is 0 Å². The zero-order chi connectivity index (χ0) is 25.2. The van der Waals surface area contributed by atoms with E-state index in [1.165, 1.54) is 0 Å². The Morgan fingerprint density at radius 2 is 1.19 bits per heavy atom. The van der Waals surface area contributed by atoms with Crippen molar-refractivity contribution in [2.45, 2.75) is 19.8 Å². The summed E-state index contributed by atoms with van der Waals surface area (Å²) < 4.78 is 22.7. The third-order valence-corrected chi connectivity index (χ3v) is 5.58. The van der Waals surface area contributed by atoms with Gasteiger partial charge in [0.25, 0.3) is 5.91 Å². The zero-order valence-corrected chi connectivity index (χ0v) is 20.4. The molecule has 0 heterocycles. The molecule has 0 saturated heterocycles. The Morgan fingerprint density at radius 1 is 0.611 bits per heavy atom. The van der Waals surface area contributed by atoms with Crippen LogP contribution in [-0.2, 0) is 19.8 Å². The lowest BCUT2D eigenvalue weighted by molar-refractivity contribution is 0.0950. The maximum atomic E-state index is 12.8. The first-order valence-electron chi connectivity index (χ1n) is 11.6. The second-order valence-electron chi connectivity index (χ2n) is 8.08. The van der Waals surface area contributed by atoms with Gasteiger partial charge in [-0.2, -0.15) is 0 Å². The first-order chi connectivity index (χ1) is 17.7. The van der Waals surface area contributed by atoms with E-state index in [0.717, 1.165) is 16.7 Å². The molecule has 0 aromatic heterocycles. The summed E-state index contributed by atoms with van der Waals surface area (Å²) in [5.41, 5.74) is 3.48. The van der Waals surface area contributed by atoms with Gasteiger partial charge in [0.2, 0.25) is 0 Å². The molecule has 6 nitrogen and oxygen atoms in total. The molecular weight excluding hydrogens is 454 g/mol. The predicted molar refractivity (Wildman–Crippen MR) is 139 cm³/mol. The zero-order valence-electron chi connectivity index (χ0n) is 20.4. The molecule has 0 atom stereocenters. The second kappa shape index (κ2) is 12.3. The van der Waals surface area contributed by atoms with Crippen molar-refractivity contribution in [2.24, 2.45) is 0 Å². The van der Waals surface area contributed by atoms with Gasteiger partial charge in [-0.15, -0.1) is 0 Å². The van der Waals surface area contributed by atoms with Crippen LogP contribution in [0.4, 0.5) is 0 Å². The number of nitrogens with one attached hydrogen (secondary N) is 1. The summed E-state index contributed by atoms with van der Waals surface area (Å²) in [4.78, 5) is 12.8. The highest BCUT2D eigenvalue weighted by Crippen LogP contribution is 2.30. The number of benzene rings is 4. The molecule has 0 spiro atoms. The van der Waals surface area contributed by atoms with Gasteiger partial charge in [-0.3, -0.25) is 4.79 Å². The van der Waals surface area contributed by atoms with E-state index in [4.69, 9.17) is 18.9 Å². The lowest BCUT2D eigenvalue weighted by Crippen LogP contribution is -2.22. The molecule has 4 aromatic carbocycles. The Hall–Kier alpha value is -4.45. The minimum Gasteiger partial charge on any atom is -0.493 e. The monoisotopic (exact) mass is 483 g/mol. The lowest BCUT2D eigenvalue weighted by atomic mass is 10.1. The van der Waals surface area contributed by atoms with Crippen LogP contribution in [0.15, 0.2) is 97.1 Å². The van der Waals surface area contributed by atoms with Crippen LogP contribution < -0.4 is 24.3 Å². The predicted octanol–water partition coefficient (Wildman–Crippen LogP) is 5.79. The normalized spacial score (nSPS) is 10.4. The van der Waals surface area contributed by atoms with Crippen molar-refractivity contribution in [3.05, 3.63) is 119 Å². The molecule has 0 saturated carbocycles. The molecule has 0 radical (unpaired) electrons. The summed E-state index contributed by atoms with van der Waals surface area (Å²) in [5.74, 6) is 2.12. The molecule has 1 amide bonds. The molecule has 1 N–H and O–H groups in total. The van der Waals surface area contributed by atoms with E-state index in [9.17, 15) is 4.79 Å². The van der Waals surface area contributed by atoms with Crippen LogP contribution in [0, 0.1) is 0 Å². The van der Waals surface area contributed by atoms with Crippen LogP contribution in [0.1, 0.15) is 27.0 Å². The van der Waals surface area contributed by atoms with E-state index in [1.54, 1.807) is 32.4 Å². The van der Waals surface area contributed by atoms with Crippen LogP contribution in [-0.4, -0.2) is 20.1 Å². The minimum absolute atomic E-state index is 0.217. The Labute approximate surface area is 211 Å². The second-order valence-corrected chi connectivity index (χ2v) is 8.08. The largest absolute Gasteiger partial charge is 0.493 e. The molecule has 0 unspecified atom stereocenters. The fourth-order valence-electron chi connectivity index (χ4n) is 3.63. The van der Waals surface area contributed by atoms with Gasteiger partial charge < -0.3 is 24.3 Å². The third-order valence-electron chi connectivity index (χ3n) is 5.58. The first kappa shape index (κ1) is 24.7. The van der Waals surface area contributed by atoms with Gasteiger partial charge in [-0.05, 0) is 47.0 Å². The van der Waals surface area contributed by atoms with Crippen molar-refractivity contribution >= 4 is 5.91 Å². The van der Waals surface area contributed by atoms with Crippen LogP contribution >= 0.6 is 0 Å². The van der Waals surface area contributed by atoms with Crippen molar-refractivity contribution in [2.75, 3.05) is 14.2 Å². The lowest BCUT2D eigenvalue weighted by Gasteiger charge is -2.14. The van der Waals surface area contributed by atoms with E-state index >= 15 is 0 Å². The van der Waals surface area contributed by atoms with Gasteiger partial charge in [-0.1, -0.05) is 66.7 Å². The summed E-state index contributed by atoms with van der Waals surface area (Å²) in [6.45, 7) is 1.17. The molecule has 0 aliphatic heterocycles. The summed E-state index contributed by atoms with van der Waals surface area (Å²) >= 11 is 0. The number of carbonyl (C=O) groups is 1. The van der Waals surface area contributed by atoms with E-state index in [0.29, 0.717) is 48.3 Å². The smallest absolute Gasteiger partial charge is 0.251 e. The van der Waals surface area contributed by atoms with E-state index in [-0.39, 0.29) is 5.91 Å². The average Bonchev–Trinajstić information content (AvgIpc) is 2.94. The van der Waals surface area contributed by atoms with Crippen LogP contribution in [0.5, 0.6) is 23.0 Å². The third kappa shape index (κ3) is 6.57. The molecule has 0 aliphatic rings. The number of ether oxygens (including phenoxy) is 4. The molecule has 36 heavy (non-hydrogen) atoms. The molecule has 4 aromatic rings. The molecule has 0 bridgehead atoms. The molecule has 0 aliphatic carbocycles. The quantitative estimate of drug-likeness (QED) is 0.292. The van der Waals surface area contributed by atoms with Crippen molar-refractivity contribution in [3.8, 4) is 23.0 Å². The maximum absolute atomic E-state index is 12.8. The number of amides is 1. The number of rotatable bonds is 11. The van der Waals surface area contributed by atoms with Gasteiger partial charge in [0.15, 0.2) is 23.0 Å². The van der Waals surface area contributed by atoms with Crippen LogP contribution in [0.3, 0.4) is 0 Å². The SMILES string of the molecule is COc1cc(C(=O)NCc2ccc(OC)c(OCc3ccccc3)c2)ccc1OCc1ccccc1. The number of hydrogen-bond donors (Lipinski definition) is 1. The van der Waals surface area contributed by atoms with Crippen LogP contribution in [0.25, 0.3) is 0 Å². The molecule has 4 rings (SSSR count). The van der Waals surface area contributed by atoms with Crippen molar-refractivity contribution in [3.63, 3.8) is 0 Å². The van der Waals surface area contributed by atoms with Gasteiger partial charge in [0, 0.05) is 12.1 Å². The highest BCUT2D eigenvalue weighted by Gasteiger charge is 2.13. The fourth-order valence-corrected chi connectivity index (χ4v) is 3.63. The summed E-state index contributed by atoms with van der Waals surface area (Å²) in [6.07, 6.45) is 0. The summed E-state index contributed by atoms with van der Waals surface area (Å²) in [7, 11) is 3.16. The number of carbonyl (C=O) groups excluding carboxylic acids is 1. The van der Waals surface area contributed by atoms with Crippen molar-refractivity contribution < 1.29 is 23.7 Å². The fraction of sp³-hybridized carbons (Fsp3) is 0.167. The van der Waals surface area contributed by atoms with Gasteiger partial charge in [-0.25, -0.2) is 0 Å². The van der Waals surface area contributed by atoms with E-state index < -0.39 is 0 Å². The Morgan fingerprint density at radius 3 is 1.81 bits per heavy atom. The summed E-state index contributed by atoms with van der Waals surface area (Å²) in [6, 6.07) is 30.5. The maximum Gasteiger partial charge on any atom is 0.251 e. The highest BCUT2D eigenvalue weighted by molar-refractivity contribution is 5.94. The highest BCUT2D eigenvalue weighted by atomic mass is 16.5. The number of hydrogen-bond acceptors (Lipinski definition) is 5. The van der Waals surface area contributed by atoms with Crippen LogP contribution in [0.2, 0.25) is 0 Å². The average molecular weight is 484 g/mol. The van der Waals surface area contributed by atoms with Crippen molar-refractivity contribution in [1.82, 2.24) is 5.32 Å². The van der Waals surface area contributed by atoms with Gasteiger partial charge >= 0.3 is 0 Å². The minimum atomic E-state index is -0.217. The Kier molecular flexibility index (Phi) is 8.44. The van der Waals surface area contributed by atoms with Gasteiger partial charge in [0.1, 0.15) is 13.2 Å². The Balaban J connectivity index is 1.38. The number of methoxy groups -OCH3 is 2. The first-order valence-corrected chi connectivity index (χ1v) is 11.6.